The lowest BCUT2D eigenvalue weighted by Crippen LogP contribution is -2.47. The maximum absolute atomic E-state index is 13.0. The van der Waals surface area contributed by atoms with Crippen molar-refractivity contribution in [2.24, 2.45) is 0 Å². The van der Waals surface area contributed by atoms with Crippen LogP contribution in [0.25, 0.3) is 0 Å². The Hall–Kier alpha value is -2.64. The second-order valence-corrected chi connectivity index (χ2v) is 8.20. The number of nitrogens with one attached hydrogen (secondary N) is 2. The predicted molar refractivity (Wildman–Crippen MR) is 107 cm³/mol. The smallest absolute Gasteiger partial charge is 0.407 e. The molecule has 0 radical (unpaired) electrons. The second-order valence-electron chi connectivity index (χ2n) is 8.20. The van der Waals surface area contributed by atoms with Crippen LogP contribution in [0, 0.1) is 5.82 Å². The van der Waals surface area contributed by atoms with Crippen molar-refractivity contribution in [3.05, 3.63) is 35.6 Å². The minimum atomic E-state index is -0.575. The zero-order valence-corrected chi connectivity index (χ0v) is 17.3. The van der Waals surface area contributed by atoms with Gasteiger partial charge in [-0.05, 0) is 51.3 Å². The summed E-state index contributed by atoms with van der Waals surface area (Å²) in [5.41, 5.74) is 0.207. The molecule has 7 nitrogen and oxygen atoms in total. The molecule has 1 aliphatic heterocycles. The van der Waals surface area contributed by atoms with E-state index in [9.17, 15) is 18.8 Å². The van der Waals surface area contributed by atoms with Gasteiger partial charge in [-0.1, -0.05) is 12.1 Å². The van der Waals surface area contributed by atoms with E-state index in [0.29, 0.717) is 25.9 Å². The molecule has 1 saturated heterocycles. The number of likely N-dealkylation sites (tertiary alicyclic amines) is 1. The van der Waals surface area contributed by atoms with E-state index in [1.165, 1.54) is 12.1 Å². The molecule has 0 bridgehead atoms. The Morgan fingerprint density at radius 1 is 1.14 bits per heavy atom. The summed E-state index contributed by atoms with van der Waals surface area (Å²) in [6.45, 7) is 6.67. The van der Waals surface area contributed by atoms with Gasteiger partial charge in [0.25, 0.3) is 0 Å². The summed E-state index contributed by atoms with van der Waals surface area (Å²) in [6, 6.07) is 5.94. The number of carbonyl (C=O) groups excluding carboxylic acids is 3. The molecule has 2 N–H and O–H groups in total. The van der Waals surface area contributed by atoms with Gasteiger partial charge in [-0.15, -0.1) is 0 Å². The number of amides is 3. The van der Waals surface area contributed by atoms with Gasteiger partial charge in [0.2, 0.25) is 11.8 Å². The first-order valence-electron chi connectivity index (χ1n) is 9.91. The molecule has 29 heavy (non-hydrogen) atoms. The number of piperidine rings is 1. The summed E-state index contributed by atoms with van der Waals surface area (Å²) in [7, 11) is 0. The average molecular weight is 407 g/mol. The molecule has 0 unspecified atom stereocenters. The molecule has 0 atom stereocenters. The standard InChI is InChI=1S/C21H30FN3O4/c1-21(2,3)29-20(28)23-11-8-18(26)24-17-9-12-25(13-10-17)19(27)14-15-4-6-16(22)7-5-15/h4-7,17H,8-14H2,1-3H3,(H,23,28)(H,24,26). The highest BCUT2D eigenvalue weighted by molar-refractivity contribution is 5.79. The van der Waals surface area contributed by atoms with Gasteiger partial charge < -0.3 is 20.3 Å². The van der Waals surface area contributed by atoms with Gasteiger partial charge in [0.1, 0.15) is 11.4 Å². The number of carbonyl (C=O) groups is 3. The third kappa shape index (κ3) is 8.50. The van der Waals surface area contributed by atoms with Crippen LogP contribution in [-0.2, 0) is 20.7 Å². The molecule has 0 saturated carbocycles. The van der Waals surface area contributed by atoms with Crippen LogP contribution in [0.3, 0.4) is 0 Å². The van der Waals surface area contributed by atoms with E-state index in [-0.39, 0.29) is 43.1 Å². The van der Waals surface area contributed by atoms with Crippen molar-refractivity contribution in [3.8, 4) is 0 Å². The van der Waals surface area contributed by atoms with Crippen LogP contribution in [-0.4, -0.2) is 54.1 Å². The van der Waals surface area contributed by atoms with Crippen LogP contribution >= 0.6 is 0 Å². The third-order valence-corrected chi connectivity index (χ3v) is 4.50. The monoisotopic (exact) mass is 407 g/mol. The molecule has 1 heterocycles. The molecule has 1 aliphatic rings. The first kappa shape index (κ1) is 22.6. The maximum atomic E-state index is 13.0. The summed E-state index contributed by atoms with van der Waals surface area (Å²) >= 11 is 0. The van der Waals surface area contributed by atoms with Crippen LogP contribution in [0.2, 0.25) is 0 Å². The van der Waals surface area contributed by atoms with E-state index < -0.39 is 11.7 Å². The summed E-state index contributed by atoms with van der Waals surface area (Å²) in [4.78, 5) is 37.8. The molecule has 0 aromatic heterocycles. The van der Waals surface area contributed by atoms with Gasteiger partial charge in [-0.2, -0.15) is 0 Å². The average Bonchev–Trinajstić information content (AvgIpc) is 2.62. The van der Waals surface area contributed by atoms with Gasteiger partial charge in [0.15, 0.2) is 0 Å². The number of hydrogen-bond donors (Lipinski definition) is 2. The Morgan fingerprint density at radius 3 is 2.34 bits per heavy atom. The summed E-state index contributed by atoms with van der Waals surface area (Å²) < 4.78 is 18.1. The highest BCUT2D eigenvalue weighted by Gasteiger charge is 2.24. The van der Waals surface area contributed by atoms with E-state index >= 15 is 0 Å². The molecule has 1 aromatic carbocycles. The fourth-order valence-corrected chi connectivity index (χ4v) is 3.05. The lowest BCUT2D eigenvalue weighted by atomic mass is 10.0. The first-order valence-corrected chi connectivity index (χ1v) is 9.91. The van der Waals surface area contributed by atoms with Crippen LogP contribution in [0.5, 0.6) is 0 Å². The number of halogens is 1. The third-order valence-electron chi connectivity index (χ3n) is 4.50. The van der Waals surface area contributed by atoms with Crippen molar-refractivity contribution in [2.75, 3.05) is 19.6 Å². The van der Waals surface area contributed by atoms with Gasteiger partial charge >= 0.3 is 6.09 Å². The number of nitrogens with zero attached hydrogens (tertiary/aromatic N) is 1. The van der Waals surface area contributed by atoms with Crippen molar-refractivity contribution in [2.45, 2.75) is 58.1 Å². The zero-order chi connectivity index (χ0) is 21.4. The summed E-state index contributed by atoms with van der Waals surface area (Å²) in [5, 5.41) is 5.50. The lowest BCUT2D eigenvalue weighted by molar-refractivity contribution is -0.131. The molecule has 160 valence electrons. The molecule has 3 amide bonds. The fourth-order valence-electron chi connectivity index (χ4n) is 3.05. The highest BCUT2D eigenvalue weighted by atomic mass is 19.1. The van der Waals surface area contributed by atoms with Crippen LogP contribution < -0.4 is 10.6 Å². The fraction of sp³-hybridized carbons (Fsp3) is 0.571. The topological polar surface area (TPSA) is 87.7 Å². The largest absolute Gasteiger partial charge is 0.444 e. The number of ether oxygens (including phenoxy) is 1. The molecule has 0 aliphatic carbocycles. The van der Waals surface area contributed by atoms with Crippen molar-refractivity contribution in [3.63, 3.8) is 0 Å². The van der Waals surface area contributed by atoms with Gasteiger partial charge in [0.05, 0.1) is 6.42 Å². The van der Waals surface area contributed by atoms with E-state index in [0.717, 1.165) is 5.56 Å². The van der Waals surface area contributed by atoms with Crippen molar-refractivity contribution in [1.82, 2.24) is 15.5 Å². The summed E-state index contributed by atoms with van der Waals surface area (Å²) in [5.74, 6) is -0.459. The van der Waals surface area contributed by atoms with E-state index in [4.69, 9.17) is 4.74 Å². The lowest BCUT2D eigenvalue weighted by Gasteiger charge is -2.32. The molecule has 1 fully saturated rings. The molecule has 8 heteroatoms. The van der Waals surface area contributed by atoms with Crippen molar-refractivity contribution in [1.29, 1.82) is 0 Å². The Kier molecular flexibility index (Phi) is 7.99. The SMILES string of the molecule is CC(C)(C)OC(=O)NCCC(=O)NC1CCN(C(=O)Cc2ccc(F)cc2)CC1. The summed E-state index contributed by atoms with van der Waals surface area (Å²) in [6.07, 6.45) is 1.23. The number of alkyl carbamates (subject to hydrolysis) is 1. The number of hydrogen-bond acceptors (Lipinski definition) is 4. The Balaban J connectivity index is 1.64. The zero-order valence-electron chi connectivity index (χ0n) is 17.3. The first-order chi connectivity index (χ1) is 13.6. The Morgan fingerprint density at radius 2 is 1.76 bits per heavy atom. The van der Waals surface area contributed by atoms with E-state index in [1.807, 2.05) is 0 Å². The maximum Gasteiger partial charge on any atom is 0.407 e. The quantitative estimate of drug-likeness (QED) is 0.758. The van der Waals surface area contributed by atoms with Crippen LogP contribution in [0.15, 0.2) is 24.3 Å². The van der Waals surface area contributed by atoms with Gasteiger partial charge in [-0.3, -0.25) is 9.59 Å². The molecule has 0 spiro atoms. The number of rotatable bonds is 6. The predicted octanol–water partition coefficient (Wildman–Crippen LogP) is 2.39. The molecule has 2 rings (SSSR count). The van der Waals surface area contributed by atoms with E-state index in [2.05, 4.69) is 10.6 Å². The molecule has 1 aromatic rings. The molecular weight excluding hydrogens is 377 g/mol. The van der Waals surface area contributed by atoms with Crippen molar-refractivity contribution < 1.29 is 23.5 Å². The Labute approximate surface area is 171 Å². The number of benzene rings is 1. The minimum absolute atomic E-state index is 0.00273. The van der Waals surface area contributed by atoms with Crippen LogP contribution in [0.1, 0.15) is 45.6 Å². The van der Waals surface area contributed by atoms with Crippen LogP contribution in [0.4, 0.5) is 9.18 Å². The minimum Gasteiger partial charge on any atom is -0.444 e. The normalized spacial score (nSPS) is 15.0. The van der Waals surface area contributed by atoms with Gasteiger partial charge in [-0.25, -0.2) is 9.18 Å². The Bertz CT molecular complexity index is 708. The second kappa shape index (κ2) is 10.2. The van der Waals surface area contributed by atoms with E-state index in [1.54, 1.807) is 37.8 Å². The van der Waals surface area contributed by atoms with Crippen molar-refractivity contribution >= 4 is 17.9 Å². The highest BCUT2D eigenvalue weighted by Crippen LogP contribution is 2.13. The molecular formula is C21H30FN3O4. The van der Waals surface area contributed by atoms with Gasteiger partial charge in [0, 0.05) is 32.1 Å².